The van der Waals surface area contributed by atoms with E-state index < -0.39 is 0 Å². The fourth-order valence-corrected chi connectivity index (χ4v) is 2.84. The maximum absolute atomic E-state index is 12.3. The Bertz CT molecular complexity index is 1040. The number of amides is 1. The number of hydrogen-bond donors (Lipinski definition) is 1. The van der Waals surface area contributed by atoms with E-state index in [1.54, 1.807) is 12.4 Å². The molecule has 4 nitrogen and oxygen atoms in total. The SMILES string of the molecule is O=C(NCc1ccccc1)c1ccc(-c2ccc3nccnc3c2)cc1. The Kier molecular flexibility index (Phi) is 4.39. The number of rotatable bonds is 4. The summed E-state index contributed by atoms with van der Waals surface area (Å²) in [7, 11) is 0. The second-order valence-electron chi connectivity index (χ2n) is 6.01. The van der Waals surface area contributed by atoms with Gasteiger partial charge in [-0.3, -0.25) is 14.8 Å². The molecule has 0 atom stereocenters. The molecule has 1 N–H and O–H groups in total. The van der Waals surface area contributed by atoms with Crippen LogP contribution in [0.3, 0.4) is 0 Å². The Morgan fingerprint density at radius 1 is 0.769 bits per heavy atom. The van der Waals surface area contributed by atoms with Gasteiger partial charge in [-0.1, -0.05) is 48.5 Å². The molecule has 126 valence electrons. The monoisotopic (exact) mass is 339 g/mol. The predicted molar refractivity (Wildman–Crippen MR) is 103 cm³/mol. The molecule has 4 aromatic rings. The van der Waals surface area contributed by atoms with Crippen LogP contribution in [0.1, 0.15) is 15.9 Å². The molecular formula is C22H17N3O. The number of aromatic nitrogens is 2. The fraction of sp³-hybridized carbons (Fsp3) is 0.0455. The zero-order valence-corrected chi connectivity index (χ0v) is 14.1. The molecule has 0 radical (unpaired) electrons. The minimum atomic E-state index is -0.0789. The van der Waals surface area contributed by atoms with Crippen LogP contribution in [0, 0.1) is 0 Å². The van der Waals surface area contributed by atoms with Crippen LogP contribution in [-0.2, 0) is 6.54 Å². The highest BCUT2D eigenvalue weighted by Gasteiger charge is 2.06. The molecule has 26 heavy (non-hydrogen) atoms. The molecular weight excluding hydrogens is 322 g/mol. The molecule has 0 aliphatic carbocycles. The molecule has 0 saturated heterocycles. The van der Waals surface area contributed by atoms with Crippen LogP contribution in [-0.4, -0.2) is 15.9 Å². The van der Waals surface area contributed by atoms with Crippen LogP contribution in [0.2, 0.25) is 0 Å². The molecule has 0 fully saturated rings. The topological polar surface area (TPSA) is 54.9 Å². The Labute approximate surface area is 151 Å². The molecule has 0 saturated carbocycles. The lowest BCUT2D eigenvalue weighted by atomic mass is 10.0. The second-order valence-corrected chi connectivity index (χ2v) is 6.01. The second kappa shape index (κ2) is 7.15. The third kappa shape index (κ3) is 3.44. The van der Waals surface area contributed by atoms with Gasteiger partial charge in [0.2, 0.25) is 0 Å². The van der Waals surface area contributed by atoms with E-state index in [-0.39, 0.29) is 5.91 Å². The van der Waals surface area contributed by atoms with E-state index >= 15 is 0 Å². The highest BCUT2D eigenvalue weighted by molar-refractivity contribution is 5.94. The van der Waals surface area contributed by atoms with Gasteiger partial charge < -0.3 is 5.32 Å². The molecule has 0 spiro atoms. The molecule has 0 aliphatic heterocycles. The molecule has 0 aliphatic rings. The van der Waals surface area contributed by atoms with Crippen LogP contribution in [0.5, 0.6) is 0 Å². The van der Waals surface area contributed by atoms with Crippen molar-refractivity contribution in [3.05, 3.63) is 96.3 Å². The molecule has 1 amide bonds. The fourth-order valence-electron chi connectivity index (χ4n) is 2.84. The molecule has 1 aromatic heterocycles. The van der Waals surface area contributed by atoms with Crippen molar-refractivity contribution in [3.8, 4) is 11.1 Å². The van der Waals surface area contributed by atoms with Crippen molar-refractivity contribution < 1.29 is 4.79 Å². The average molecular weight is 339 g/mol. The lowest BCUT2D eigenvalue weighted by Gasteiger charge is -2.07. The summed E-state index contributed by atoms with van der Waals surface area (Å²) >= 11 is 0. The first kappa shape index (κ1) is 16.0. The number of nitrogens with one attached hydrogen (secondary N) is 1. The van der Waals surface area contributed by atoms with Crippen LogP contribution in [0.25, 0.3) is 22.2 Å². The lowest BCUT2D eigenvalue weighted by molar-refractivity contribution is 0.0951. The van der Waals surface area contributed by atoms with E-state index in [1.807, 2.05) is 72.8 Å². The third-order valence-electron chi connectivity index (χ3n) is 4.25. The Morgan fingerprint density at radius 2 is 1.46 bits per heavy atom. The van der Waals surface area contributed by atoms with Gasteiger partial charge in [0.15, 0.2) is 0 Å². The number of carbonyl (C=O) groups is 1. The standard InChI is InChI=1S/C22H17N3O/c26-22(25-15-16-4-2-1-3-5-16)18-8-6-17(7-9-18)19-10-11-20-21(14-19)24-13-12-23-20/h1-14H,15H2,(H,25,26). The van der Waals surface area contributed by atoms with Crippen LogP contribution in [0.15, 0.2) is 85.2 Å². The van der Waals surface area contributed by atoms with Crippen molar-refractivity contribution in [3.63, 3.8) is 0 Å². The summed E-state index contributed by atoms with van der Waals surface area (Å²) in [5.74, 6) is -0.0789. The summed E-state index contributed by atoms with van der Waals surface area (Å²) in [6.07, 6.45) is 3.37. The minimum absolute atomic E-state index is 0.0789. The van der Waals surface area contributed by atoms with Gasteiger partial charge in [0.1, 0.15) is 0 Å². The molecule has 0 bridgehead atoms. The van der Waals surface area contributed by atoms with Gasteiger partial charge in [-0.2, -0.15) is 0 Å². The maximum atomic E-state index is 12.3. The number of nitrogens with zero attached hydrogens (tertiary/aromatic N) is 2. The van der Waals surface area contributed by atoms with Gasteiger partial charge in [0.05, 0.1) is 11.0 Å². The summed E-state index contributed by atoms with van der Waals surface area (Å²) < 4.78 is 0. The first-order valence-corrected chi connectivity index (χ1v) is 8.43. The first-order chi connectivity index (χ1) is 12.8. The molecule has 4 heteroatoms. The van der Waals surface area contributed by atoms with Gasteiger partial charge >= 0.3 is 0 Å². The van der Waals surface area contributed by atoms with Crippen molar-refractivity contribution in [2.45, 2.75) is 6.54 Å². The van der Waals surface area contributed by atoms with Crippen LogP contribution in [0.4, 0.5) is 0 Å². The number of carbonyl (C=O) groups excluding carboxylic acids is 1. The zero-order chi connectivity index (χ0) is 17.8. The largest absolute Gasteiger partial charge is 0.348 e. The molecule has 0 unspecified atom stereocenters. The highest BCUT2D eigenvalue weighted by atomic mass is 16.1. The summed E-state index contributed by atoms with van der Waals surface area (Å²) in [5, 5.41) is 2.94. The highest BCUT2D eigenvalue weighted by Crippen LogP contribution is 2.23. The first-order valence-electron chi connectivity index (χ1n) is 8.43. The maximum Gasteiger partial charge on any atom is 0.251 e. The number of hydrogen-bond acceptors (Lipinski definition) is 3. The van der Waals surface area contributed by atoms with Crippen molar-refractivity contribution in [1.82, 2.24) is 15.3 Å². The summed E-state index contributed by atoms with van der Waals surface area (Å²) in [4.78, 5) is 20.9. The van der Waals surface area contributed by atoms with E-state index in [4.69, 9.17) is 0 Å². The predicted octanol–water partition coefficient (Wildman–Crippen LogP) is 4.23. The third-order valence-corrected chi connectivity index (χ3v) is 4.25. The van der Waals surface area contributed by atoms with Crippen molar-refractivity contribution in [1.29, 1.82) is 0 Å². The Balaban J connectivity index is 1.49. The normalized spacial score (nSPS) is 10.6. The van der Waals surface area contributed by atoms with Crippen LogP contribution >= 0.6 is 0 Å². The Morgan fingerprint density at radius 3 is 2.23 bits per heavy atom. The summed E-state index contributed by atoms with van der Waals surface area (Å²) in [6, 6.07) is 23.4. The Hall–Kier alpha value is -3.53. The van der Waals surface area contributed by atoms with E-state index in [2.05, 4.69) is 15.3 Å². The summed E-state index contributed by atoms with van der Waals surface area (Å²) in [5.41, 5.74) is 5.54. The van der Waals surface area contributed by atoms with E-state index in [9.17, 15) is 4.79 Å². The minimum Gasteiger partial charge on any atom is -0.348 e. The van der Waals surface area contributed by atoms with E-state index in [0.717, 1.165) is 27.7 Å². The molecule has 3 aromatic carbocycles. The summed E-state index contributed by atoms with van der Waals surface area (Å²) in [6.45, 7) is 0.519. The van der Waals surface area contributed by atoms with Gasteiger partial charge in [-0.25, -0.2) is 0 Å². The molecule has 1 heterocycles. The quantitative estimate of drug-likeness (QED) is 0.605. The number of fused-ring (bicyclic) bond motifs is 1. The van der Waals surface area contributed by atoms with Gasteiger partial charge in [0, 0.05) is 24.5 Å². The lowest BCUT2D eigenvalue weighted by Crippen LogP contribution is -2.22. The van der Waals surface area contributed by atoms with Gasteiger partial charge in [-0.05, 0) is 41.0 Å². The smallest absolute Gasteiger partial charge is 0.251 e. The van der Waals surface area contributed by atoms with Gasteiger partial charge in [0.25, 0.3) is 5.91 Å². The van der Waals surface area contributed by atoms with Crippen molar-refractivity contribution >= 4 is 16.9 Å². The average Bonchev–Trinajstić information content (AvgIpc) is 2.72. The molecule has 4 rings (SSSR count). The zero-order valence-electron chi connectivity index (χ0n) is 14.1. The number of benzene rings is 3. The van der Waals surface area contributed by atoms with Gasteiger partial charge in [-0.15, -0.1) is 0 Å². The van der Waals surface area contributed by atoms with E-state index in [1.165, 1.54) is 0 Å². The van der Waals surface area contributed by atoms with E-state index in [0.29, 0.717) is 12.1 Å². The van der Waals surface area contributed by atoms with Crippen molar-refractivity contribution in [2.24, 2.45) is 0 Å². The van der Waals surface area contributed by atoms with Crippen LogP contribution < -0.4 is 5.32 Å². The van der Waals surface area contributed by atoms with Crippen molar-refractivity contribution in [2.75, 3.05) is 0 Å².